The largest absolute Gasteiger partial charge is 0.307 e. The first kappa shape index (κ1) is 17.2. The predicted octanol–water partition coefficient (Wildman–Crippen LogP) is 5.60. The van der Waals surface area contributed by atoms with E-state index < -0.39 is 0 Å². The SMILES string of the molecule is CCCCC(CC)NC(C)c1ccc(C(C)(C)C)cc1. The summed E-state index contributed by atoms with van der Waals surface area (Å²) < 4.78 is 0. The maximum absolute atomic E-state index is 3.78. The van der Waals surface area contributed by atoms with Crippen molar-refractivity contribution in [2.45, 2.75) is 84.7 Å². The van der Waals surface area contributed by atoms with Gasteiger partial charge in [0.25, 0.3) is 0 Å². The molecule has 2 atom stereocenters. The molecule has 0 aliphatic rings. The van der Waals surface area contributed by atoms with Crippen LogP contribution in [0, 0.1) is 0 Å². The lowest BCUT2D eigenvalue weighted by atomic mass is 9.86. The summed E-state index contributed by atoms with van der Waals surface area (Å²) in [5.74, 6) is 0. The van der Waals surface area contributed by atoms with Gasteiger partial charge in [0.2, 0.25) is 0 Å². The highest BCUT2D eigenvalue weighted by atomic mass is 14.9. The lowest BCUT2D eigenvalue weighted by Crippen LogP contribution is -2.31. The number of unbranched alkanes of at least 4 members (excludes halogenated alkanes) is 1. The van der Waals surface area contributed by atoms with E-state index in [1.165, 1.54) is 36.8 Å². The summed E-state index contributed by atoms with van der Waals surface area (Å²) in [4.78, 5) is 0. The van der Waals surface area contributed by atoms with Gasteiger partial charge >= 0.3 is 0 Å². The lowest BCUT2D eigenvalue weighted by molar-refractivity contribution is 0.410. The van der Waals surface area contributed by atoms with Crippen LogP contribution in [0.25, 0.3) is 0 Å². The fourth-order valence-electron chi connectivity index (χ4n) is 2.58. The third-order valence-corrected chi connectivity index (χ3v) is 4.16. The van der Waals surface area contributed by atoms with E-state index in [1.807, 2.05) is 0 Å². The van der Waals surface area contributed by atoms with Crippen LogP contribution >= 0.6 is 0 Å². The molecule has 1 aromatic rings. The van der Waals surface area contributed by atoms with Crippen molar-refractivity contribution >= 4 is 0 Å². The second-order valence-electron chi connectivity index (χ2n) is 7.01. The van der Waals surface area contributed by atoms with Crippen LogP contribution in [-0.4, -0.2) is 6.04 Å². The van der Waals surface area contributed by atoms with Crippen LogP contribution in [0.3, 0.4) is 0 Å². The lowest BCUT2D eigenvalue weighted by Gasteiger charge is -2.24. The van der Waals surface area contributed by atoms with Crippen molar-refractivity contribution in [2.75, 3.05) is 0 Å². The van der Waals surface area contributed by atoms with Gasteiger partial charge in [0.05, 0.1) is 0 Å². The van der Waals surface area contributed by atoms with Crippen molar-refractivity contribution in [3.05, 3.63) is 35.4 Å². The molecule has 1 nitrogen and oxygen atoms in total. The Balaban J connectivity index is 2.65. The van der Waals surface area contributed by atoms with Crippen molar-refractivity contribution in [1.29, 1.82) is 0 Å². The van der Waals surface area contributed by atoms with Crippen LogP contribution in [0.5, 0.6) is 0 Å². The van der Waals surface area contributed by atoms with Crippen molar-refractivity contribution in [2.24, 2.45) is 0 Å². The molecule has 0 heterocycles. The highest BCUT2D eigenvalue weighted by molar-refractivity contribution is 5.29. The molecule has 0 amide bonds. The van der Waals surface area contributed by atoms with E-state index in [9.17, 15) is 0 Å². The number of rotatable bonds is 7. The van der Waals surface area contributed by atoms with Crippen molar-refractivity contribution in [3.63, 3.8) is 0 Å². The number of nitrogens with one attached hydrogen (secondary N) is 1. The quantitative estimate of drug-likeness (QED) is 0.682. The summed E-state index contributed by atoms with van der Waals surface area (Å²) in [5, 5.41) is 3.78. The molecule has 0 bridgehead atoms. The first-order chi connectivity index (χ1) is 9.38. The molecule has 1 N–H and O–H groups in total. The normalized spacial score (nSPS) is 15.1. The maximum Gasteiger partial charge on any atom is 0.0294 e. The molecule has 0 aliphatic carbocycles. The molecule has 0 aliphatic heterocycles. The molecule has 114 valence electrons. The summed E-state index contributed by atoms with van der Waals surface area (Å²) in [6.45, 7) is 13.6. The molecule has 0 radical (unpaired) electrons. The van der Waals surface area contributed by atoms with Crippen LogP contribution in [0.1, 0.15) is 84.4 Å². The molecule has 1 heteroatoms. The average molecular weight is 275 g/mol. The van der Waals surface area contributed by atoms with Gasteiger partial charge in [0.1, 0.15) is 0 Å². The smallest absolute Gasteiger partial charge is 0.0294 e. The molecule has 2 unspecified atom stereocenters. The second kappa shape index (κ2) is 7.83. The molecule has 20 heavy (non-hydrogen) atoms. The molecular formula is C19H33N. The predicted molar refractivity (Wildman–Crippen MR) is 90.3 cm³/mol. The zero-order valence-corrected chi connectivity index (χ0v) is 14.3. The molecule has 1 aromatic carbocycles. The zero-order chi connectivity index (χ0) is 15.2. The van der Waals surface area contributed by atoms with Gasteiger partial charge in [-0.1, -0.05) is 71.7 Å². The third-order valence-electron chi connectivity index (χ3n) is 4.16. The first-order valence-corrected chi connectivity index (χ1v) is 8.25. The van der Waals surface area contributed by atoms with E-state index in [4.69, 9.17) is 0 Å². The summed E-state index contributed by atoms with van der Waals surface area (Å²) in [6.07, 6.45) is 5.11. The van der Waals surface area contributed by atoms with Crippen molar-refractivity contribution < 1.29 is 0 Å². The maximum atomic E-state index is 3.78. The van der Waals surface area contributed by atoms with Crippen LogP contribution < -0.4 is 5.32 Å². The molecule has 0 aromatic heterocycles. The fraction of sp³-hybridized carbons (Fsp3) is 0.684. The molecule has 0 fully saturated rings. The minimum atomic E-state index is 0.238. The minimum absolute atomic E-state index is 0.238. The Morgan fingerprint density at radius 3 is 2.10 bits per heavy atom. The fourth-order valence-corrected chi connectivity index (χ4v) is 2.58. The van der Waals surface area contributed by atoms with E-state index in [2.05, 4.69) is 71.1 Å². The van der Waals surface area contributed by atoms with Crippen LogP contribution in [0.15, 0.2) is 24.3 Å². The Labute approximate surface area is 126 Å². The van der Waals surface area contributed by atoms with Gasteiger partial charge in [0.15, 0.2) is 0 Å². The van der Waals surface area contributed by atoms with Gasteiger partial charge in [-0.05, 0) is 36.3 Å². The summed E-state index contributed by atoms with van der Waals surface area (Å²) in [5.41, 5.74) is 3.04. The Morgan fingerprint density at radius 2 is 1.65 bits per heavy atom. The van der Waals surface area contributed by atoms with Gasteiger partial charge < -0.3 is 5.32 Å². The number of hydrogen-bond donors (Lipinski definition) is 1. The molecular weight excluding hydrogens is 242 g/mol. The van der Waals surface area contributed by atoms with E-state index in [0.717, 1.165) is 0 Å². The van der Waals surface area contributed by atoms with E-state index in [1.54, 1.807) is 0 Å². The van der Waals surface area contributed by atoms with E-state index in [0.29, 0.717) is 12.1 Å². The summed E-state index contributed by atoms with van der Waals surface area (Å²) in [7, 11) is 0. The highest BCUT2D eigenvalue weighted by Gasteiger charge is 2.15. The van der Waals surface area contributed by atoms with Gasteiger partial charge in [-0.25, -0.2) is 0 Å². The van der Waals surface area contributed by atoms with Crippen LogP contribution in [0.4, 0.5) is 0 Å². The van der Waals surface area contributed by atoms with Gasteiger partial charge in [-0.3, -0.25) is 0 Å². The zero-order valence-electron chi connectivity index (χ0n) is 14.3. The van der Waals surface area contributed by atoms with Crippen LogP contribution in [0.2, 0.25) is 0 Å². The van der Waals surface area contributed by atoms with Crippen molar-refractivity contribution in [3.8, 4) is 0 Å². The minimum Gasteiger partial charge on any atom is -0.307 e. The van der Waals surface area contributed by atoms with Gasteiger partial charge in [-0.2, -0.15) is 0 Å². The second-order valence-corrected chi connectivity index (χ2v) is 7.01. The standard InChI is InChI=1S/C19H33N/c1-7-9-10-18(8-2)20-15(3)16-11-13-17(14-12-16)19(4,5)6/h11-15,18,20H,7-10H2,1-6H3. The molecule has 0 spiro atoms. The first-order valence-electron chi connectivity index (χ1n) is 8.25. The van der Waals surface area contributed by atoms with Crippen molar-refractivity contribution in [1.82, 2.24) is 5.32 Å². The van der Waals surface area contributed by atoms with E-state index >= 15 is 0 Å². The topological polar surface area (TPSA) is 12.0 Å². The van der Waals surface area contributed by atoms with Crippen LogP contribution in [-0.2, 0) is 5.41 Å². The van der Waals surface area contributed by atoms with Gasteiger partial charge in [0, 0.05) is 12.1 Å². The Kier molecular flexibility index (Phi) is 6.75. The Bertz CT molecular complexity index is 372. The Morgan fingerprint density at radius 1 is 1.05 bits per heavy atom. The number of benzene rings is 1. The van der Waals surface area contributed by atoms with E-state index in [-0.39, 0.29) is 5.41 Å². The number of hydrogen-bond acceptors (Lipinski definition) is 1. The Hall–Kier alpha value is -0.820. The monoisotopic (exact) mass is 275 g/mol. The molecule has 0 saturated heterocycles. The third kappa shape index (κ3) is 5.28. The summed E-state index contributed by atoms with van der Waals surface area (Å²) in [6, 6.07) is 10.2. The van der Waals surface area contributed by atoms with Gasteiger partial charge in [-0.15, -0.1) is 0 Å². The average Bonchev–Trinajstić information content (AvgIpc) is 2.42. The molecule has 0 saturated carbocycles. The molecule has 1 rings (SSSR count). The summed E-state index contributed by atoms with van der Waals surface area (Å²) >= 11 is 0. The highest BCUT2D eigenvalue weighted by Crippen LogP contribution is 2.24.